The van der Waals surface area contributed by atoms with Crippen molar-refractivity contribution < 1.29 is 22.6 Å². The maximum atomic E-state index is 12.7. The molecule has 2 aromatic carbocycles. The molecule has 0 radical (unpaired) electrons. The lowest BCUT2D eigenvalue weighted by atomic mass is 9.99. The minimum Gasteiger partial charge on any atom is -0.326 e. The van der Waals surface area contributed by atoms with E-state index in [1.807, 2.05) is 31.2 Å². The molecule has 0 saturated carbocycles. The molecule has 8 heteroatoms. The lowest BCUT2D eigenvalue weighted by molar-refractivity contribution is -0.119. The molecule has 2 N–H and O–H groups in total. The van der Waals surface area contributed by atoms with E-state index >= 15 is 0 Å². The van der Waals surface area contributed by atoms with E-state index in [0.717, 1.165) is 22.9 Å². The number of anilines is 1. The molecule has 1 amide bonds. The van der Waals surface area contributed by atoms with Crippen LogP contribution in [0.1, 0.15) is 18.1 Å². The predicted molar refractivity (Wildman–Crippen MR) is 106 cm³/mol. The topological polar surface area (TPSA) is 101 Å². The lowest BCUT2D eigenvalue weighted by Crippen LogP contribution is -2.27. The third-order valence-electron chi connectivity index (χ3n) is 3.86. The molecule has 27 heavy (non-hydrogen) atoms. The number of benzene rings is 2. The summed E-state index contributed by atoms with van der Waals surface area (Å²) >= 11 is 1.07. The maximum Gasteiger partial charge on any atom is 0.294 e. The van der Waals surface area contributed by atoms with Gasteiger partial charge in [0.05, 0.1) is 10.8 Å². The summed E-state index contributed by atoms with van der Waals surface area (Å²) in [6.45, 7) is 3.42. The molecular formula is C19H21NO5S2. The van der Waals surface area contributed by atoms with Gasteiger partial charge in [0.1, 0.15) is 0 Å². The van der Waals surface area contributed by atoms with E-state index in [1.165, 1.54) is 31.2 Å². The molecule has 1 atom stereocenters. The zero-order valence-electron chi connectivity index (χ0n) is 15.0. The van der Waals surface area contributed by atoms with Crippen LogP contribution < -0.4 is 5.32 Å². The number of nitrogens with one attached hydrogen (secondary N) is 1. The number of amides is 1. The van der Waals surface area contributed by atoms with Gasteiger partial charge in [0.15, 0.2) is 5.12 Å². The van der Waals surface area contributed by atoms with Gasteiger partial charge in [-0.15, -0.1) is 0 Å². The summed E-state index contributed by atoms with van der Waals surface area (Å²) in [4.78, 5) is 23.7. The molecule has 2 rings (SSSR count). The standard InChI is InChI=1S/C19H21NO5S2/c1-13-6-8-15(9-7-13)10-16(12-26-14(2)21)19(22)20-17-4-3-5-18(11-17)27(23,24)25/h3-9,11,16H,10,12H2,1-2H3,(H,20,22)(H,23,24,25). The first-order valence-electron chi connectivity index (χ1n) is 8.22. The van der Waals surface area contributed by atoms with Crippen molar-refractivity contribution in [2.24, 2.45) is 5.92 Å². The van der Waals surface area contributed by atoms with Gasteiger partial charge >= 0.3 is 0 Å². The van der Waals surface area contributed by atoms with Gasteiger partial charge in [-0.3, -0.25) is 14.1 Å². The summed E-state index contributed by atoms with van der Waals surface area (Å²) in [6, 6.07) is 13.2. The van der Waals surface area contributed by atoms with E-state index in [4.69, 9.17) is 4.55 Å². The van der Waals surface area contributed by atoms with Crippen molar-refractivity contribution in [2.45, 2.75) is 25.2 Å². The molecular weight excluding hydrogens is 386 g/mol. The SMILES string of the molecule is CC(=O)SCC(Cc1ccc(C)cc1)C(=O)Nc1cccc(S(=O)(=O)O)c1. The molecule has 2 aromatic rings. The van der Waals surface area contributed by atoms with Crippen molar-refractivity contribution in [3.05, 3.63) is 59.7 Å². The van der Waals surface area contributed by atoms with Crippen molar-refractivity contribution in [1.82, 2.24) is 0 Å². The van der Waals surface area contributed by atoms with Gasteiger partial charge < -0.3 is 5.32 Å². The highest BCUT2D eigenvalue weighted by molar-refractivity contribution is 8.13. The zero-order valence-corrected chi connectivity index (χ0v) is 16.6. The summed E-state index contributed by atoms with van der Waals surface area (Å²) in [6.07, 6.45) is 0.449. The fraction of sp³-hybridized carbons (Fsp3) is 0.263. The number of carbonyl (C=O) groups is 2. The average Bonchev–Trinajstić information content (AvgIpc) is 2.59. The van der Waals surface area contributed by atoms with Gasteiger partial charge in [-0.1, -0.05) is 47.7 Å². The van der Waals surface area contributed by atoms with E-state index in [1.54, 1.807) is 0 Å². The Morgan fingerprint density at radius 1 is 1.15 bits per heavy atom. The van der Waals surface area contributed by atoms with Crippen LogP contribution in [0, 0.1) is 12.8 Å². The van der Waals surface area contributed by atoms with Crippen LogP contribution >= 0.6 is 11.8 Å². The largest absolute Gasteiger partial charge is 0.326 e. The summed E-state index contributed by atoms with van der Waals surface area (Å²) < 4.78 is 31.6. The Bertz CT molecular complexity index is 923. The van der Waals surface area contributed by atoms with Gasteiger partial charge in [0, 0.05) is 18.4 Å². The third-order valence-corrected chi connectivity index (χ3v) is 5.69. The van der Waals surface area contributed by atoms with Crippen molar-refractivity contribution in [3.8, 4) is 0 Å². The molecule has 0 aliphatic carbocycles. The number of thioether (sulfide) groups is 1. The number of hydrogen-bond donors (Lipinski definition) is 2. The Kier molecular flexibility index (Phi) is 7.18. The molecule has 0 aliphatic heterocycles. The average molecular weight is 408 g/mol. The molecule has 0 aromatic heterocycles. The Balaban J connectivity index is 2.17. The van der Waals surface area contributed by atoms with Gasteiger partial charge in [-0.25, -0.2) is 0 Å². The number of carbonyl (C=O) groups excluding carboxylic acids is 2. The normalized spacial score (nSPS) is 12.4. The van der Waals surface area contributed by atoms with Crippen LogP contribution in [0.4, 0.5) is 5.69 Å². The van der Waals surface area contributed by atoms with Crippen molar-refractivity contribution in [3.63, 3.8) is 0 Å². The smallest absolute Gasteiger partial charge is 0.294 e. The second-order valence-corrected chi connectivity index (χ2v) is 8.80. The van der Waals surface area contributed by atoms with Crippen molar-refractivity contribution in [1.29, 1.82) is 0 Å². The van der Waals surface area contributed by atoms with Gasteiger partial charge in [-0.2, -0.15) is 8.42 Å². The molecule has 144 valence electrons. The molecule has 0 bridgehead atoms. The Labute approximate surface area is 163 Å². The Hall–Kier alpha value is -2.16. The van der Waals surface area contributed by atoms with Crippen LogP contribution in [0.15, 0.2) is 53.4 Å². The molecule has 0 spiro atoms. The van der Waals surface area contributed by atoms with Crippen LogP contribution in [-0.2, 0) is 26.1 Å². The van der Waals surface area contributed by atoms with Gasteiger partial charge in [0.25, 0.3) is 10.1 Å². The van der Waals surface area contributed by atoms with Crippen LogP contribution in [0.3, 0.4) is 0 Å². The lowest BCUT2D eigenvalue weighted by Gasteiger charge is -2.16. The first-order chi connectivity index (χ1) is 12.6. The zero-order chi connectivity index (χ0) is 20.0. The number of aryl methyl sites for hydroxylation is 1. The predicted octanol–water partition coefficient (Wildman–Crippen LogP) is 3.32. The second kappa shape index (κ2) is 9.16. The first-order valence-corrected chi connectivity index (χ1v) is 10.6. The molecule has 6 nitrogen and oxygen atoms in total. The molecule has 1 unspecified atom stereocenters. The van der Waals surface area contributed by atoms with Crippen molar-refractivity contribution in [2.75, 3.05) is 11.1 Å². The third kappa shape index (κ3) is 6.82. The minimum absolute atomic E-state index is 0.0786. The second-order valence-electron chi connectivity index (χ2n) is 6.18. The number of hydrogen-bond acceptors (Lipinski definition) is 5. The Morgan fingerprint density at radius 3 is 2.41 bits per heavy atom. The van der Waals surface area contributed by atoms with Crippen LogP contribution in [0.5, 0.6) is 0 Å². The van der Waals surface area contributed by atoms with Crippen LogP contribution in [0.2, 0.25) is 0 Å². The van der Waals surface area contributed by atoms with E-state index in [0.29, 0.717) is 12.2 Å². The fourth-order valence-corrected chi connectivity index (χ4v) is 3.66. The first kappa shape index (κ1) is 21.1. The molecule has 0 saturated heterocycles. The van der Waals surface area contributed by atoms with Crippen LogP contribution in [-0.4, -0.2) is 29.7 Å². The monoisotopic (exact) mass is 407 g/mol. The van der Waals surface area contributed by atoms with Crippen molar-refractivity contribution >= 4 is 38.6 Å². The molecule has 0 aliphatic rings. The quantitative estimate of drug-likeness (QED) is 0.683. The summed E-state index contributed by atoms with van der Waals surface area (Å²) in [5.74, 6) is -0.486. The highest BCUT2D eigenvalue weighted by Crippen LogP contribution is 2.20. The summed E-state index contributed by atoms with van der Waals surface area (Å²) in [5.41, 5.74) is 2.34. The van der Waals surface area contributed by atoms with Crippen LogP contribution in [0.25, 0.3) is 0 Å². The van der Waals surface area contributed by atoms with E-state index < -0.39 is 16.0 Å². The highest BCUT2D eigenvalue weighted by atomic mass is 32.2. The summed E-state index contributed by atoms with van der Waals surface area (Å²) in [5, 5.41) is 2.59. The van der Waals surface area contributed by atoms with Gasteiger partial charge in [-0.05, 0) is 37.1 Å². The van der Waals surface area contributed by atoms with E-state index in [9.17, 15) is 18.0 Å². The van der Waals surface area contributed by atoms with E-state index in [2.05, 4.69) is 5.32 Å². The number of rotatable bonds is 7. The summed E-state index contributed by atoms with van der Waals surface area (Å²) in [7, 11) is -4.36. The molecule has 0 fully saturated rings. The molecule has 0 heterocycles. The Morgan fingerprint density at radius 2 is 1.81 bits per heavy atom. The van der Waals surface area contributed by atoms with E-state index in [-0.39, 0.29) is 21.6 Å². The maximum absolute atomic E-state index is 12.7. The fourth-order valence-electron chi connectivity index (χ4n) is 2.43. The minimum atomic E-state index is -4.36. The van der Waals surface area contributed by atoms with Gasteiger partial charge in [0.2, 0.25) is 5.91 Å². The highest BCUT2D eigenvalue weighted by Gasteiger charge is 2.21.